The molecule has 1 atom stereocenters. The van der Waals surface area contributed by atoms with Crippen LogP contribution >= 0.6 is 0 Å². The highest BCUT2D eigenvalue weighted by molar-refractivity contribution is 5.79. The minimum atomic E-state index is -0.850. The van der Waals surface area contributed by atoms with Crippen LogP contribution in [0.1, 0.15) is 64.7 Å². The number of nitrogens with zero attached hydrogens (tertiary/aromatic N) is 1. The van der Waals surface area contributed by atoms with Crippen LogP contribution in [0.25, 0.3) is 0 Å². The third-order valence-corrected chi connectivity index (χ3v) is 5.03. The zero-order chi connectivity index (χ0) is 15.9. The number of hydrogen-bond donors (Lipinski definition) is 2. The van der Waals surface area contributed by atoms with Crippen LogP contribution in [0.4, 0.5) is 0 Å². The van der Waals surface area contributed by atoms with Gasteiger partial charge in [0.1, 0.15) is 6.04 Å². The van der Waals surface area contributed by atoms with E-state index < -0.39 is 12.0 Å². The van der Waals surface area contributed by atoms with Gasteiger partial charge in [0.25, 0.3) is 0 Å². The Labute approximate surface area is 133 Å². The van der Waals surface area contributed by atoms with Gasteiger partial charge in [-0.1, -0.05) is 32.1 Å². The zero-order valence-electron chi connectivity index (χ0n) is 13.7. The van der Waals surface area contributed by atoms with Gasteiger partial charge in [0.05, 0.1) is 6.54 Å². The molecule has 0 aliphatic heterocycles. The number of carbonyl (C=O) groups is 2. The summed E-state index contributed by atoms with van der Waals surface area (Å²) in [4.78, 5) is 25.0. The summed E-state index contributed by atoms with van der Waals surface area (Å²) in [7, 11) is 0. The van der Waals surface area contributed by atoms with Gasteiger partial charge in [0, 0.05) is 12.6 Å². The summed E-state index contributed by atoms with van der Waals surface area (Å²) in [6.45, 7) is 2.59. The van der Waals surface area contributed by atoms with Crippen molar-refractivity contribution in [1.29, 1.82) is 0 Å². The first-order valence-corrected chi connectivity index (χ1v) is 8.83. The van der Waals surface area contributed by atoms with Crippen molar-refractivity contribution < 1.29 is 14.7 Å². The lowest BCUT2D eigenvalue weighted by Crippen LogP contribution is -2.46. The molecule has 126 valence electrons. The Morgan fingerprint density at radius 2 is 1.86 bits per heavy atom. The molecule has 1 unspecified atom stereocenters. The summed E-state index contributed by atoms with van der Waals surface area (Å²) >= 11 is 0. The SMILES string of the molecule is CC(C(=O)O)N(CC(=O)NCCCC1CCCCC1)C1CC1. The van der Waals surface area contributed by atoms with E-state index in [1.165, 1.54) is 38.5 Å². The Hall–Kier alpha value is -1.10. The van der Waals surface area contributed by atoms with E-state index in [4.69, 9.17) is 5.11 Å². The van der Waals surface area contributed by atoms with Crippen LogP contribution in [0, 0.1) is 5.92 Å². The lowest BCUT2D eigenvalue weighted by Gasteiger charge is -2.25. The van der Waals surface area contributed by atoms with Gasteiger partial charge in [-0.25, -0.2) is 0 Å². The molecule has 0 bridgehead atoms. The van der Waals surface area contributed by atoms with Crippen LogP contribution in [-0.4, -0.2) is 47.1 Å². The molecule has 2 saturated carbocycles. The van der Waals surface area contributed by atoms with Crippen LogP contribution in [0.2, 0.25) is 0 Å². The van der Waals surface area contributed by atoms with Crippen molar-refractivity contribution in [2.45, 2.75) is 76.8 Å². The fourth-order valence-electron chi connectivity index (χ4n) is 3.45. The quantitative estimate of drug-likeness (QED) is 0.642. The molecule has 0 aromatic carbocycles. The summed E-state index contributed by atoms with van der Waals surface area (Å²) < 4.78 is 0. The second-order valence-electron chi connectivity index (χ2n) is 6.91. The molecule has 0 aromatic rings. The maximum Gasteiger partial charge on any atom is 0.320 e. The maximum absolute atomic E-state index is 12.0. The van der Waals surface area contributed by atoms with E-state index in [1.54, 1.807) is 6.92 Å². The van der Waals surface area contributed by atoms with Crippen molar-refractivity contribution >= 4 is 11.9 Å². The monoisotopic (exact) mass is 310 g/mol. The Bertz CT molecular complexity index is 376. The van der Waals surface area contributed by atoms with Crippen molar-refractivity contribution in [3.8, 4) is 0 Å². The molecule has 5 nitrogen and oxygen atoms in total. The van der Waals surface area contributed by atoms with Gasteiger partial charge >= 0.3 is 5.97 Å². The van der Waals surface area contributed by atoms with Crippen LogP contribution < -0.4 is 5.32 Å². The summed E-state index contributed by atoms with van der Waals surface area (Å²) in [5.41, 5.74) is 0. The molecule has 2 rings (SSSR count). The number of carboxylic acid groups (broad SMARTS) is 1. The molecule has 0 radical (unpaired) electrons. The van der Waals surface area contributed by atoms with E-state index in [-0.39, 0.29) is 18.5 Å². The number of aliphatic carboxylic acids is 1. The minimum Gasteiger partial charge on any atom is -0.480 e. The van der Waals surface area contributed by atoms with E-state index in [2.05, 4.69) is 5.32 Å². The average molecular weight is 310 g/mol. The second kappa shape index (κ2) is 8.51. The van der Waals surface area contributed by atoms with Gasteiger partial charge in [0.2, 0.25) is 5.91 Å². The minimum absolute atomic E-state index is 0.0383. The van der Waals surface area contributed by atoms with Crippen LogP contribution in [0.3, 0.4) is 0 Å². The molecule has 2 fully saturated rings. The van der Waals surface area contributed by atoms with Crippen LogP contribution in [0.15, 0.2) is 0 Å². The van der Waals surface area contributed by atoms with E-state index >= 15 is 0 Å². The third-order valence-electron chi connectivity index (χ3n) is 5.03. The van der Waals surface area contributed by atoms with Crippen molar-refractivity contribution in [3.05, 3.63) is 0 Å². The van der Waals surface area contributed by atoms with Crippen molar-refractivity contribution in [1.82, 2.24) is 10.2 Å². The second-order valence-corrected chi connectivity index (χ2v) is 6.91. The molecule has 5 heteroatoms. The Morgan fingerprint density at radius 1 is 1.18 bits per heavy atom. The number of nitrogens with one attached hydrogen (secondary N) is 1. The molecule has 0 saturated heterocycles. The Morgan fingerprint density at radius 3 is 2.45 bits per heavy atom. The van der Waals surface area contributed by atoms with Crippen LogP contribution in [-0.2, 0) is 9.59 Å². The average Bonchev–Trinajstić information content (AvgIpc) is 3.34. The van der Waals surface area contributed by atoms with E-state index in [9.17, 15) is 9.59 Å². The van der Waals surface area contributed by atoms with Gasteiger partial charge in [-0.2, -0.15) is 0 Å². The highest BCUT2D eigenvalue weighted by Gasteiger charge is 2.36. The fourth-order valence-corrected chi connectivity index (χ4v) is 3.45. The molecule has 1 amide bonds. The first-order valence-electron chi connectivity index (χ1n) is 8.83. The van der Waals surface area contributed by atoms with Crippen molar-refractivity contribution in [2.24, 2.45) is 5.92 Å². The van der Waals surface area contributed by atoms with E-state index in [1.807, 2.05) is 4.90 Å². The number of carboxylic acids is 1. The topological polar surface area (TPSA) is 69.6 Å². The van der Waals surface area contributed by atoms with Crippen molar-refractivity contribution in [3.63, 3.8) is 0 Å². The lowest BCUT2D eigenvalue weighted by molar-refractivity contribution is -0.143. The van der Waals surface area contributed by atoms with E-state index in [0.717, 1.165) is 31.7 Å². The van der Waals surface area contributed by atoms with Gasteiger partial charge in [-0.15, -0.1) is 0 Å². The molecular weight excluding hydrogens is 280 g/mol. The molecule has 22 heavy (non-hydrogen) atoms. The van der Waals surface area contributed by atoms with Crippen molar-refractivity contribution in [2.75, 3.05) is 13.1 Å². The number of carbonyl (C=O) groups excluding carboxylic acids is 1. The highest BCUT2D eigenvalue weighted by Crippen LogP contribution is 2.28. The predicted molar refractivity (Wildman–Crippen MR) is 85.6 cm³/mol. The van der Waals surface area contributed by atoms with Gasteiger partial charge < -0.3 is 10.4 Å². The summed E-state index contributed by atoms with van der Waals surface area (Å²) in [5.74, 6) is -0.0405. The molecule has 2 aliphatic rings. The molecule has 2 aliphatic carbocycles. The smallest absolute Gasteiger partial charge is 0.320 e. The van der Waals surface area contributed by atoms with Gasteiger partial charge in [-0.05, 0) is 38.5 Å². The normalized spacial score (nSPS) is 20.8. The maximum atomic E-state index is 12.0. The number of rotatable bonds is 9. The molecule has 0 heterocycles. The van der Waals surface area contributed by atoms with Gasteiger partial charge in [-0.3, -0.25) is 14.5 Å². The zero-order valence-corrected chi connectivity index (χ0v) is 13.7. The lowest BCUT2D eigenvalue weighted by atomic mass is 9.86. The number of amides is 1. The standard InChI is InChI=1S/C17H30N2O3/c1-13(17(21)22)19(15-9-10-15)12-16(20)18-11-5-8-14-6-3-2-4-7-14/h13-15H,2-12H2,1H3,(H,18,20)(H,21,22). The molecule has 2 N–H and O–H groups in total. The predicted octanol–water partition coefficient (Wildman–Crippen LogP) is 2.40. The summed E-state index contributed by atoms with van der Waals surface area (Å²) in [6.07, 6.45) is 11.1. The van der Waals surface area contributed by atoms with Crippen LogP contribution in [0.5, 0.6) is 0 Å². The largest absolute Gasteiger partial charge is 0.480 e. The molecule has 0 aromatic heterocycles. The summed E-state index contributed by atoms with van der Waals surface area (Å²) in [5, 5.41) is 12.1. The molecular formula is C17H30N2O3. The first-order chi connectivity index (χ1) is 10.6. The highest BCUT2D eigenvalue weighted by atomic mass is 16.4. The Kier molecular flexibility index (Phi) is 6.68. The summed E-state index contributed by atoms with van der Waals surface area (Å²) in [6, 6.07) is -0.306. The van der Waals surface area contributed by atoms with E-state index in [0.29, 0.717) is 0 Å². The fraction of sp³-hybridized carbons (Fsp3) is 0.882. The first kappa shape index (κ1) is 17.3. The number of hydrogen-bond acceptors (Lipinski definition) is 3. The third kappa shape index (κ3) is 5.59. The van der Waals surface area contributed by atoms with Gasteiger partial charge in [0.15, 0.2) is 0 Å². The molecule has 0 spiro atoms. The Balaban J connectivity index is 1.62.